The summed E-state index contributed by atoms with van der Waals surface area (Å²) in [6.45, 7) is 1.05. The van der Waals surface area contributed by atoms with Crippen molar-refractivity contribution in [2.75, 3.05) is 6.54 Å². The highest BCUT2D eigenvalue weighted by molar-refractivity contribution is 6.30. The third-order valence-corrected chi connectivity index (χ3v) is 7.62. The van der Waals surface area contributed by atoms with Crippen LogP contribution in [0.1, 0.15) is 46.8 Å². The molecule has 4 aromatic rings. The minimum Gasteiger partial charge on any atom is -0.393 e. The van der Waals surface area contributed by atoms with Crippen LogP contribution < -0.4 is 5.32 Å². The summed E-state index contributed by atoms with van der Waals surface area (Å²) in [4.78, 5) is 48.4. The molecule has 0 bridgehead atoms. The minimum atomic E-state index is -0.606. The Morgan fingerprint density at radius 1 is 1.15 bits per heavy atom. The van der Waals surface area contributed by atoms with Crippen molar-refractivity contribution in [2.24, 2.45) is 0 Å². The Labute approximate surface area is 241 Å². The van der Waals surface area contributed by atoms with Crippen molar-refractivity contribution in [3.8, 4) is 0 Å². The fourth-order valence-corrected chi connectivity index (χ4v) is 5.28. The monoisotopic (exact) mass is 577 g/mol. The summed E-state index contributed by atoms with van der Waals surface area (Å²) in [6.07, 6.45) is 7.37. The van der Waals surface area contributed by atoms with Gasteiger partial charge in [-0.25, -0.2) is 14.4 Å². The van der Waals surface area contributed by atoms with E-state index in [1.807, 2.05) is 18.2 Å². The number of nitrogens with one attached hydrogen (secondary N) is 1. The van der Waals surface area contributed by atoms with Gasteiger partial charge in [-0.2, -0.15) is 0 Å². The van der Waals surface area contributed by atoms with Gasteiger partial charge in [-0.1, -0.05) is 29.8 Å². The van der Waals surface area contributed by atoms with Gasteiger partial charge in [-0.3, -0.25) is 14.4 Å². The van der Waals surface area contributed by atoms with Gasteiger partial charge in [0, 0.05) is 59.6 Å². The first-order valence-electron chi connectivity index (χ1n) is 13.2. The molecule has 0 radical (unpaired) electrons. The maximum Gasteiger partial charge on any atom is 0.243 e. The highest BCUT2D eigenvalue weighted by atomic mass is 35.5. The molecule has 2 aromatic carbocycles. The number of carbonyl (C=O) groups excluding carboxylic acids is 3. The number of fused-ring (bicyclic) bond motifs is 1. The number of carbonyl (C=O) groups is 3. The van der Waals surface area contributed by atoms with Gasteiger partial charge in [0.2, 0.25) is 11.8 Å². The number of aromatic nitrogens is 3. The molecule has 0 atom stereocenters. The molecule has 1 aliphatic carbocycles. The predicted molar refractivity (Wildman–Crippen MR) is 151 cm³/mol. The molecule has 0 spiro atoms. The first-order chi connectivity index (χ1) is 19.7. The third kappa shape index (κ3) is 6.44. The van der Waals surface area contributed by atoms with Crippen LogP contribution in [-0.2, 0) is 29.1 Å². The molecule has 2 N–H and O–H groups in total. The number of aliphatic hydroxyl groups is 1. The van der Waals surface area contributed by atoms with Crippen LogP contribution in [0.15, 0.2) is 61.3 Å². The van der Waals surface area contributed by atoms with E-state index in [-0.39, 0.29) is 48.0 Å². The Morgan fingerprint density at radius 3 is 2.61 bits per heavy atom. The minimum absolute atomic E-state index is 0.0397. The molecule has 11 heteroatoms. The summed E-state index contributed by atoms with van der Waals surface area (Å²) in [6, 6.07) is 9.97. The Hall–Kier alpha value is -4.15. The second-order valence-corrected chi connectivity index (χ2v) is 10.7. The molecule has 2 amide bonds. The molecule has 0 saturated heterocycles. The zero-order valence-electron chi connectivity index (χ0n) is 22.4. The summed E-state index contributed by atoms with van der Waals surface area (Å²) >= 11 is 5.83. The van der Waals surface area contributed by atoms with Crippen LogP contribution in [0.3, 0.4) is 0 Å². The van der Waals surface area contributed by atoms with E-state index in [0.717, 1.165) is 16.5 Å². The fourth-order valence-electron chi connectivity index (χ4n) is 5.08. The maximum absolute atomic E-state index is 14.2. The molecule has 1 fully saturated rings. The van der Waals surface area contributed by atoms with Gasteiger partial charge >= 0.3 is 0 Å². The molecule has 41 heavy (non-hydrogen) atoms. The molecule has 1 aliphatic rings. The average molecular weight is 578 g/mol. The van der Waals surface area contributed by atoms with E-state index >= 15 is 0 Å². The number of hydrogen-bond acceptors (Lipinski definition) is 6. The van der Waals surface area contributed by atoms with Gasteiger partial charge in [0.05, 0.1) is 17.7 Å². The van der Waals surface area contributed by atoms with Gasteiger partial charge in [-0.15, -0.1) is 0 Å². The standard InChI is InChI=1S/C30H29ClFN5O4/c1-18(38)25-14-36(27-6-5-19(8-24(25)27)7-20-11-33-17-34-12-20)16-29(41)37(22-9-23(39)10-22)15-28(40)35-13-21-3-2-4-26(31)30(21)32/h2-6,8,11-12,14,17,22-23,39H,7,9-10,13,15-16H2,1H3,(H,35,40). The maximum atomic E-state index is 14.2. The molecule has 9 nitrogen and oxygen atoms in total. The van der Waals surface area contributed by atoms with E-state index in [1.54, 1.807) is 29.2 Å². The third-order valence-electron chi connectivity index (χ3n) is 7.32. The van der Waals surface area contributed by atoms with Crippen LogP contribution in [-0.4, -0.2) is 60.8 Å². The van der Waals surface area contributed by atoms with E-state index in [2.05, 4.69) is 15.3 Å². The summed E-state index contributed by atoms with van der Waals surface area (Å²) in [5, 5.41) is 13.2. The largest absolute Gasteiger partial charge is 0.393 e. The number of hydrogen-bond donors (Lipinski definition) is 2. The molecule has 2 heterocycles. The molecule has 2 aromatic heterocycles. The van der Waals surface area contributed by atoms with E-state index in [9.17, 15) is 23.9 Å². The van der Waals surface area contributed by atoms with E-state index in [4.69, 9.17) is 11.6 Å². The van der Waals surface area contributed by atoms with Gasteiger partial charge in [0.15, 0.2) is 5.78 Å². The molecule has 5 rings (SSSR count). The van der Waals surface area contributed by atoms with Crippen LogP contribution in [0.2, 0.25) is 5.02 Å². The van der Waals surface area contributed by atoms with E-state index < -0.39 is 17.8 Å². The van der Waals surface area contributed by atoms with Crippen molar-refractivity contribution in [3.63, 3.8) is 0 Å². The summed E-state index contributed by atoms with van der Waals surface area (Å²) in [5.41, 5.74) is 3.34. The SMILES string of the molecule is CC(=O)c1cn(CC(=O)N(CC(=O)NCc2cccc(Cl)c2F)C2CC(O)C2)c2ccc(Cc3cncnc3)cc12. The van der Waals surface area contributed by atoms with Crippen molar-refractivity contribution in [2.45, 2.75) is 51.4 Å². The van der Waals surface area contributed by atoms with Crippen molar-refractivity contribution in [3.05, 3.63) is 94.4 Å². The number of aliphatic hydroxyl groups excluding tert-OH is 1. The molecule has 0 unspecified atom stereocenters. The molecular formula is C30H29ClFN5O4. The van der Waals surface area contributed by atoms with E-state index in [0.29, 0.717) is 30.3 Å². The topological polar surface area (TPSA) is 117 Å². The quantitative estimate of drug-likeness (QED) is 0.278. The van der Waals surface area contributed by atoms with Crippen molar-refractivity contribution in [1.29, 1.82) is 0 Å². The smallest absolute Gasteiger partial charge is 0.243 e. The van der Waals surface area contributed by atoms with Crippen LogP contribution in [0.4, 0.5) is 4.39 Å². The summed E-state index contributed by atoms with van der Waals surface area (Å²) < 4.78 is 15.9. The molecule has 0 aliphatic heterocycles. The van der Waals surface area contributed by atoms with Crippen molar-refractivity contribution >= 4 is 40.1 Å². The molecule has 212 valence electrons. The van der Waals surface area contributed by atoms with Crippen LogP contribution in [0.5, 0.6) is 0 Å². The number of amides is 2. The predicted octanol–water partition coefficient (Wildman–Crippen LogP) is 3.69. The highest BCUT2D eigenvalue weighted by Crippen LogP contribution is 2.28. The number of rotatable bonds is 10. The van der Waals surface area contributed by atoms with Crippen LogP contribution in [0, 0.1) is 5.82 Å². The zero-order chi connectivity index (χ0) is 29.1. The normalized spacial score (nSPS) is 16.3. The fraction of sp³-hybridized carbons (Fsp3) is 0.300. The lowest BCUT2D eigenvalue weighted by atomic mass is 9.88. The number of ketones is 1. The second-order valence-electron chi connectivity index (χ2n) is 10.3. The first-order valence-corrected chi connectivity index (χ1v) is 13.6. The van der Waals surface area contributed by atoms with Gasteiger partial charge in [0.25, 0.3) is 0 Å². The van der Waals surface area contributed by atoms with Crippen molar-refractivity contribution in [1.82, 2.24) is 24.8 Å². The molecular weight excluding hydrogens is 549 g/mol. The Bertz CT molecular complexity index is 1600. The average Bonchev–Trinajstić information content (AvgIpc) is 3.29. The number of halogens is 2. The van der Waals surface area contributed by atoms with Gasteiger partial charge in [0.1, 0.15) is 18.7 Å². The van der Waals surface area contributed by atoms with Crippen LogP contribution >= 0.6 is 11.6 Å². The first kappa shape index (κ1) is 28.4. The highest BCUT2D eigenvalue weighted by Gasteiger charge is 2.36. The lowest BCUT2D eigenvalue weighted by molar-refractivity contribution is -0.143. The lowest BCUT2D eigenvalue weighted by Crippen LogP contribution is -2.53. The summed E-state index contributed by atoms with van der Waals surface area (Å²) in [7, 11) is 0. The van der Waals surface area contributed by atoms with Crippen LogP contribution in [0.25, 0.3) is 10.9 Å². The Kier molecular flexibility index (Phi) is 8.41. The Morgan fingerprint density at radius 2 is 1.90 bits per heavy atom. The Balaban J connectivity index is 1.33. The number of benzene rings is 2. The molecule has 1 saturated carbocycles. The second kappa shape index (κ2) is 12.2. The van der Waals surface area contributed by atoms with E-state index in [1.165, 1.54) is 30.3 Å². The van der Waals surface area contributed by atoms with Gasteiger partial charge in [-0.05, 0) is 49.1 Å². The zero-order valence-corrected chi connectivity index (χ0v) is 23.1. The van der Waals surface area contributed by atoms with Crippen molar-refractivity contribution < 1.29 is 23.9 Å². The lowest BCUT2D eigenvalue weighted by Gasteiger charge is -2.40. The van der Waals surface area contributed by atoms with Gasteiger partial charge < -0.3 is 19.9 Å². The number of Topliss-reactive ketones (excluding diaryl/α,β-unsaturated/α-hetero) is 1. The summed E-state index contributed by atoms with van der Waals surface area (Å²) in [5.74, 6) is -1.53. The number of nitrogens with zero attached hydrogens (tertiary/aromatic N) is 4.